The van der Waals surface area contributed by atoms with Crippen LogP contribution in [0.1, 0.15) is 5.82 Å². The van der Waals surface area contributed by atoms with Crippen LogP contribution in [0.4, 0.5) is 4.39 Å². The minimum absolute atomic E-state index is 0.0902. The van der Waals surface area contributed by atoms with Gasteiger partial charge < -0.3 is 9.30 Å². The topological polar surface area (TPSA) is 39.9 Å². The van der Waals surface area contributed by atoms with Crippen LogP contribution in [-0.2, 0) is 16.6 Å². The first-order valence-electron chi connectivity index (χ1n) is 5.59. The second-order valence-corrected chi connectivity index (χ2v) is 4.81. The first-order valence-corrected chi connectivity index (χ1v) is 7.09. The summed E-state index contributed by atoms with van der Waals surface area (Å²) in [5, 5.41) is 8.83. The zero-order valence-electron chi connectivity index (χ0n) is 10.2. The van der Waals surface area contributed by atoms with Crippen LogP contribution in [0.15, 0.2) is 18.2 Å². The molecule has 19 heavy (non-hydrogen) atoms. The van der Waals surface area contributed by atoms with Crippen molar-refractivity contribution in [3.63, 3.8) is 0 Å². The Hall–Kier alpha value is -0.980. The molecule has 0 atom stereocenters. The number of methoxy groups -OCH3 is 1. The van der Waals surface area contributed by atoms with Crippen LogP contribution < -0.4 is 0 Å². The first kappa shape index (κ1) is 14.4. The maximum Gasteiger partial charge on any atom is 0.164 e. The van der Waals surface area contributed by atoms with E-state index in [4.69, 9.17) is 16.3 Å². The van der Waals surface area contributed by atoms with E-state index in [2.05, 4.69) is 26.1 Å². The number of nitrogens with zero attached hydrogens (tertiary/aromatic N) is 3. The summed E-state index contributed by atoms with van der Waals surface area (Å²) >= 11 is 9.03. The van der Waals surface area contributed by atoms with Crippen LogP contribution in [0.3, 0.4) is 0 Å². The van der Waals surface area contributed by atoms with Crippen molar-refractivity contribution in [2.45, 2.75) is 11.9 Å². The molecule has 0 aliphatic carbocycles. The van der Waals surface area contributed by atoms with E-state index >= 15 is 0 Å². The third-order valence-corrected chi connectivity index (χ3v) is 3.45. The molecule has 0 saturated heterocycles. The van der Waals surface area contributed by atoms with Crippen molar-refractivity contribution in [1.29, 1.82) is 0 Å². The average Bonchev–Trinajstić information content (AvgIpc) is 2.82. The van der Waals surface area contributed by atoms with Crippen molar-refractivity contribution < 1.29 is 9.13 Å². The number of aromatic nitrogens is 3. The van der Waals surface area contributed by atoms with E-state index in [1.165, 1.54) is 12.1 Å². The number of ether oxygens (including phenoxy) is 1. The fraction of sp³-hybridized carbons (Fsp3) is 0.333. The molecule has 0 aliphatic rings. The summed E-state index contributed by atoms with van der Waals surface area (Å²) in [7, 11) is 1.62. The van der Waals surface area contributed by atoms with Crippen molar-refractivity contribution in [2.24, 2.45) is 0 Å². The Morgan fingerprint density at radius 2 is 2.21 bits per heavy atom. The van der Waals surface area contributed by atoms with Gasteiger partial charge in [-0.3, -0.25) is 0 Å². The predicted molar refractivity (Wildman–Crippen MR) is 74.9 cm³/mol. The Morgan fingerprint density at radius 3 is 2.84 bits per heavy atom. The Morgan fingerprint density at radius 1 is 1.42 bits per heavy atom. The Labute approximate surface area is 123 Å². The normalized spacial score (nSPS) is 10.9. The minimum atomic E-state index is -0.471. The number of alkyl halides is 1. The summed E-state index contributed by atoms with van der Waals surface area (Å²) in [4.78, 5) is 0. The van der Waals surface area contributed by atoms with Gasteiger partial charge in [-0.2, -0.15) is 0 Å². The molecule has 0 amide bonds. The van der Waals surface area contributed by atoms with E-state index in [0.717, 1.165) is 5.82 Å². The molecule has 0 bridgehead atoms. The minimum Gasteiger partial charge on any atom is -0.383 e. The second kappa shape index (κ2) is 6.45. The van der Waals surface area contributed by atoms with Gasteiger partial charge in [0.05, 0.1) is 17.0 Å². The van der Waals surface area contributed by atoms with Gasteiger partial charge in [-0.15, -0.1) is 10.2 Å². The van der Waals surface area contributed by atoms with E-state index in [1.807, 2.05) is 4.57 Å². The van der Waals surface area contributed by atoms with Gasteiger partial charge in [0, 0.05) is 19.2 Å². The molecule has 102 valence electrons. The molecule has 2 rings (SSSR count). The summed E-state index contributed by atoms with van der Waals surface area (Å²) in [6.07, 6.45) is 0. The largest absolute Gasteiger partial charge is 0.383 e. The molecule has 0 saturated carbocycles. The van der Waals surface area contributed by atoms with Crippen LogP contribution in [0.5, 0.6) is 0 Å². The van der Waals surface area contributed by atoms with Crippen molar-refractivity contribution in [2.75, 3.05) is 13.7 Å². The van der Waals surface area contributed by atoms with E-state index in [0.29, 0.717) is 29.9 Å². The average molecular weight is 349 g/mol. The molecule has 1 aromatic heterocycles. The molecule has 0 aliphatic heterocycles. The first-order chi connectivity index (χ1) is 9.17. The fourth-order valence-corrected chi connectivity index (χ4v) is 2.23. The van der Waals surface area contributed by atoms with Gasteiger partial charge in [0.2, 0.25) is 0 Å². The van der Waals surface area contributed by atoms with Gasteiger partial charge in [0.25, 0.3) is 0 Å². The van der Waals surface area contributed by atoms with E-state index < -0.39 is 5.82 Å². The van der Waals surface area contributed by atoms with E-state index in [-0.39, 0.29) is 5.02 Å². The van der Waals surface area contributed by atoms with Crippen molar-refractivity contribution in [3.8, 4) is 11.4 Å². The molecule has 0 radical (unpaired) electrons. The van der Waals surface area contributed by atoms with Crippen LogP contribution in [0.25, 0.3) is 11.4 Å². The highest BCUT2D eigenvalue weighted by Gasteiger charge is 2.14. The van der Waals surface area contributed by atoms with Gasteiger partial charge in [0.15, 0.2) is 5.82 Å². The lowest BCUT2D eigenvalue weighted by Crippen LogP contribution is -2.09. The van der Waals surface area contributed by atoms with Crippen molar-refractivity contribution in [3.05, 3.63) is 34.9 Å². The predicted octanol–water partition coefficient (Wildman–Crippen LogP) is 3.28. The highest BCUT2D eigenvalue weighted by atomic mass is 79.9. The Kier molecular flexibility index (Phi) is 4.90. The third kappa shape index (κ3) is 3.13. The van der Waals surface area contributed by atoms with E-state index in [1.54, 1.807) is 13.2 Å². The van der Waals surface area contributed by atoms with Crippen molar-refractivity contribution >= 4 is 27.5 Å². The van der Waals surface area contributed by atoms with Gasteiger partial charge in [-0.25, -0.2) is 4.39 Å². The number of benzene rings is 1. The zero-order valence-corrected chi connectivity index (χ0v) is 12.6. The second-order valence-electron chi connectivity index (χ2n) is 3.85. The summed E-state index contributed by atoms with van der Waals surface area (Å²) in [6.45, 7) is 1.13. The molecule has 0 spiro atoms. The Balaban J connectivity index is 2.42. The molecule has 7 heteroatoms. The lowest BCUT2D eigenvalue weighted by molar-refractivity contribution is 0.187. The molecule has 4 nitrogen and oxygen atoms in total. The fourth-order valence-electron chi connectivity index (χ4n) is 1.70. The third-order valence-electron chi connectivity index (χ3n) is 2.64. The highest BCUT2D eigenvalue weighted by Crippen LogP contribution is 2.24. The van der Waals surface area contributed by atoms with Gasteiger partial charge in [-0.1, -0.05) is 27.5 Å². The summed E-state index contributed by atoms with van der Waals surface area (Å²) < 4.78 is 20.5. The Bertz CT molecular complexity index is 576. The number of halogens is 3. The molecule has 0 fully saturated rings. The van der Waals surface area contributed by atoms with Gasteiger partial charge >= 0.3 is 0 Å². The van der Waals surface area contributed by atoms with Crippen LogP contribution in [0, 0.1) is 5.82 Å². The van der Waals surface area contributed by atoms with Crippen LogP contribution >= 0.6 is 27.5 Å². The molecule has 0 unspecified atom stereocenters. The molecule has 2 aromatic rings. The number of rotatable bonds is 5. The lowest BCUT2D eigenvalue weighted by Gasteiger charge is -2.09. The molecule has 1 heterocycles. The van der Waals surface area contributed by atoms with Gasteiger partial charge in [-0.05, 0) is 18.2 Å². The standard InChI is InChI=1S/C12H12BrClFN3O/c1-19-5-4-18-11(7-13)16-17-12(18)8-2-3-9(14)10(15)6-8/h2-3,6H,4-5,7H2,1H3. The van der Waals surface area contributed by atoms with Crippen LogP contribution in [0.2, 0.25) is 5.02 Å². The van der Waals surface area contributed by atoms with Gasteiger partial charge in [0.1, 0.15) is 11.6 Å². The smallest absolute Gasteiger partial charge is 0.164 e. The number of hydrogen-bond acceptors (Lipinski definition) is 3. The summed E-state index contributed by atoms with van der Waals surface area (Å²) in [6, 6.07) is 4.58. The monoisotopic (exact) mass is 347 g/mol. The molecule has 1 aromatic carbocycles. The maximum absolute atomic E-state index is 13.5. The quantitative estimate of drug-likeness (QED) is 0.779. The highest BCUT2D eigenvalue weighted by molar-refractivity contribution is 9.08. The zero-order chi connectivity index (χ0) is 13.8. The van der Waals surface area contributed by atoms with Crippen LogP contribution in [-0.4, -0.2) is 28.5 Å². The molecule has 0 N–H and O–H groups in total. The summed E-state index contributed by atoms with van der Waals surface area (Å²) in [5.41, 5.74) is 0.637. The number of hydrogen-bond donors (Lipinski definition) is 0. The van der Waals surface area contributed by atoms with Crippen molar-refractivity contribution in [1.82, 2.24) is 14.8 Å². The molecular weight excluding hydrogens is 337 g/mol. The SMILES string of the molecule is COCCn1c(CBr)nnc1-c1ccc(Cl)c(F)c1. The van der Waals surface area contributed by atoms with E-state index in [9.17, 15) is 4.39 Å². The lowest BCUT2D eigenvalue weighted by atomic mass is 10.2. The maximum atomic E-state index is 13.5. The molecular formula is C12H12BrClFN3O. The summed E-state index contributed by atoms with van der Waals surface area (Å²) in [5.74, 6) is 0.894.